The number of hydrogen-bond acceptors (Lipinski definition) is 9. The van der Waals surface area contributed by atoms with Gasteiger partial charge in [0.2, 0.25) is 5.95 Å². The molecule has 2 atom stereocenters. The van der Waals surface area contributed by atoms with Crippen LogP contribution in [0.25, 0.3) is 0 Å². The van der Waals surface area contributed by atoms with Crippen molar-refractivity contribution in [1.29, 1.82) is 0 Å². The van der Waals surface area contributed by atoms with E-state index in [1.165, 1.54) is 17.3 Å². The normalized spacial score (nSPS) is 20.7. The van der Waals surface area contributed by atoms with Gasteiger partial charge in [0.25, 0.3) is 5.91 Å². The van der Waals surface area contributed by atoms with Crippen LogP contribution < -0.4 is 5.73 Å². The summed E-state index contributed by atoms with van der Waals surface area (Å²) in [7, 11) is 0. The van der Waals surface area contributed by atoms with Crippen LogP contribution in [0.1, 0.15) is 57.7 Å². The molecule has 2 aliphatic heterocycles. The van der Waals surface area contributed by atoms with E-state index in [1.807, 2.05) is 43.1 Å². The molecule has 1 fully saturated rings. The molecule has 12 heteroatoms. The number of imide groups is 1. The van der Waals surface area contributed by atoms with Crippen LogP contribution in [-0.4, -0.2) is 97.2 Å². The largest absolute Gasteiger partial charge is 0.399 e. The van der Waals surface area contributed by atoms with Crippen molar-refractivity contribution in [2.75, 3.05) is 38.5 Å². The van der Waals surface area contributed by atoms with Gasteiger partial charge in [-0.25, -0.2) is 19.8 Å². The van der Waals surface area contributed by atoms with Gasteiger partial charge in [-0.1, -0.05) is 51.8 Å². The zero-order valence-corrected chi connectivity index (χ0v) is 24.2. The molecular formula is C29H41FN8O3. The van der Waals surface area contributed by atoms with E-state index in [4.69, 9.17) is 10.7 Å². The second kappa shape index (κ2) is 13.3. The zero-order chi connectivity index (χ0) is 29.6. The van der Waals surface area contributed by atoms with E-state index in [0.29, 0.717) is 43.9 Å². The second-order valence-corrected chi connectivity index (χ2v) is 10.3. The lowest BCUT2D eigenvalue weighted by molar-refractivity contribution is -0.151. The molecule has 3 heterocycles. The van der Waals surface area contributed by atoms with Crippen molar-refractivity contribution >= 4 is 23.5 Å². The Kier molecular flexibility index (Phi) is 9.87. The molecule has 41 heavy (non-hydrogen) atoms. The minimum Gasteiger partial charge on any atom is -0.399 e. The lowest BCUT2D eigenvalue weighted by Crippen LogP contribution is -2.74. The molecule has 1 aromatic heterocycles. The van der Waals surface area contributed by atoms with Gasteiger partial charge >= 0.3 is 6.03 Å². The number of amides is 3. The van der Waals surface area contributed by atoms with Gasteiger partial charge in [0, 0.05) is 44.3 Å². The van der Waals surface area contributed by atoms with E-state index in [-0.39, 0.29) is 43.7 Å². The summed E-state index contributed by atoms with van der Waals surface area (Å²) in [5.41, 5.74) is 6.60. The molecule has 1 aromatic carbocycles. The summed E-state index contributed by atoms with van der Waals surface area (Å²) < 4.78 is 14.7. The monoisotopic (exact) mass is 568 g/mol. The summed E-state index contributed by atoms with van der Waals surface area (Å²) >= 11 is 0. The maximum atomic E-state index is 14.7. The van der Waals surface area contributed by atoms with Crippen molar-refractivity contribution < 1.29 is 19.1 Å². The number of anilines is 1. The quantitative estimate of drug-likeness (QED) is 0.263. The molecule has 3 amide bonds. The van der Waals surface area contributed by atoms with E-state index in [9.17, 15) is 19.1 Å². The number of carbonyl (C=O) groups excluding carboxylic acids is 2. The Labute approximate surface area is 240 Å². The number of nitrogens with zero attached hydrogens (tertiary/aromatic N) is 7. The summed E-state index contributed by atoms with van der Waals surface area (Å²) in [5.74, 6) is -0.675. The van der Waals surface area contributed by atoms with Crippen LogP contribution in [0.5, 0.6) is 0 Å². The standard InChI is InChI=1S/C29H41FN8O3/c1-4-7-10-16-36-27(40)25-29(5-2,37(28(36)41)17-13-21-11-8-9-12-22(21)31)34-24(38(25)35(6-3)18-19-39)20-23-26(30)33-15-14-32-23/h8-9,11-12,14-15,25,39H,4-7,10,13,16-20,31H2,1-3H3. The number of aliphatic hydroxyl groups is 1. The number of hydrogen-bond donors (Lipinski definition) is 2. The van der Waals surface area contributed by atoms with Crippen molar-refractivity contribution in [3.05, 3.63) is 53.9 Å². The van der Waals surface area contributed by atoms with Crippen molar-refractivity contribution in [3.8, 4) is 0 Å². The number of halogens is 1. The van der Waals surface area contributed by atoms with Gasteiger partial charge in [0.1, 0.15) is 11.5 Å². The Bertz CT molecular complexity index is 1260. The second-order valence-electron chi connectivity index (χ2n) is 10.3. The lowest BCUT2D eigenvalue weighted by Gasteiger charge is -2.51. The van der Waals surface area contributed by atoms with Crippen LogP contribution in [0.2, 0.25) is 0 Å². The number of nitrogen functional groups attached to an aromatic ring is 1. The molecule has 1 saturated heterocycles. The number of hydrazine groups is 1. The molecule has 11 nitrogen and oxygen atoms in total. The molecule has 0 spiro atoms. The lowest BCUT2D eigenvalue weighted by atomic mass is 9.91. The molecule has 0 aliphatic carbocycles. The molecule has 4 rings (SSSR count). The number of fused-ring (bicyclic) bond motifs is 1. The Balaban J connectivity index is 1.83. The van der Waals surface area contributed by atoms with Crippen LogP contribution in [-0.2, 0) is 17.6 Å². The predicted octanol–water partition coefficient (Wildman–Crippen LogP) is 2.86. The summed E-state index contributed by atoms with van der Waals surface area (Å²) in [5, 5.41) is 13.5. The number of unbranched alkanes of at least 4 members (excludes halogenated alkanes) is 2. The van der Waals surface area contributed by atoms with Crippen molar-refractivity contribution in [3.63, 3.8) is 0 Å². The fourth-order valence-electron chi connectivity index (χ4n) is 5.82. The predicted molar refractivity (Wildman–Crippen MR) is 154 cm³/mol. The smallest absolute Gasteiger partial charge is 0.328 e. The molecule has 0 bridgehead atoms. The van der Waals surface area contributed by atoms with Crippen molar-refractivity contribution in [1.82, 2.24) is 29.8 Å². The number of aliphatic imine (C=N–C) groups is 1. The number of rotatable bonds is 14. The third kappa shape index (κ3) is 5.89. The van der Waals surface area contributed by atoms with Gasteiger partial charge in [-0.05, 0) is 30.9 Å². The molecular weight excluding hydrogens is 527 g/mol. The first kappa shape index (κ1) is 30.3. The van der Waals surface area contributed by atoms with Crippen LogP contribution in [0.15, 0.2) is 41.7 Å². The van der Waals surface area contributed by atoms with Gasteiger partial charge in [-0.2, -0.15) is 4.39 Å². The number of benzene rings is 1. The molecule has 0 saturated carbocycles. The van der Waals surface area contributed by atoms with Crippen LogP contribution in [0.3, 0.4) is 0 Å². The summed E-state index contributed by atoms with van der Waals surface area (Å²) in [6.07, 6.45) is 5.99. The van der Waals surface area contributed by atoms with Gasteiger partial charge in [0.05, 0.1) is 13.0 Å². The summed E-state index contributed by atoms with van der Waals surface area (Å²) in [6, 6.07) is 6.24. The third-order valence-electron chi connectivity index (χ3n) is 7.94. The van der Waals surface area contributed by atoms with Gasteiger partial charge in [0.15, 0.2) is 11.7 Å². The minimum atomic E-state index is -1.24. The van der Waals surface area contributed by atoms with E-state index in [1.54, 1.807) is 9.91 Å². The van der Waals surface area contributed by atoms with E-state index in [0.717, 1.165) is 18.4 Å². The summed E-state index contributed by atoms with van der Waals surface area (Å²) in [4.78, 5) is 44.4. The number of likely N-dealkylation sites (N-methyl/N-ethyl adjacent to an activating group) is 1. The van der Waals surface area contributed by atoms with E-state index >= 15 is 0 Å². The topological polar surface area (TPSA) is 131 Å². The number of nitrogens with two attached hydrogens (primary N) is 1. The number of carbonyl (C=O) groups is 2. The SMILES string of the molecule is CCCCCN1C(=O)C2N(N(CC)CCO)C(Cc3nccnc3F)=NC2(CC)N(CCc2ccccc2N)C1=O. The highest BCUT2D eigenvalue weighted by Crippen LogP contribution is 2.42. The fraction of sp³-hybridized carbons (Fsp3) is 0.552. The molecule has 2 unspecified atom stereocenters. The zero-order valence-electron chi connectivity index (χ0n) is 24.2. The van der Waals surface area contributed by atoms with Crippen LogP contribution >= 0.6 is 0 Å². The minimum absolute atomic E-state index is 0.0311. The first-order valence-electron chi connectivity index (χ1n) is 14.5. The molecule has 2 aliphatic rings. The highest BCUT2D eigenvalue weighted by molar-refractivity contribution is 6.05. The number of amidine groups is 1. The maximum absolute atomic E-state index is 14.7. The van der Waals surface area contributed by atoms with Crippen molar-refractivity contribution in [2.24, 2.45) is 4.99 Å². The van der Waals surface area contributed by atoms with E-state index < -0.39 is 17.7 Å². The number of urea groups is 1. The first-order chi connectivity index (χ1) is 19.8. The Morgan fingerprint density at radius 1 is 1.10 bits per heavy atom. The fourth-order valence-corrected chi connectivity index (χ4v) is 5.82. The Morgan fingerprint density at radius 2 is 1.85 bits per heavy atom. The van der Waals surface area contributed by atoms with Gasteiger partial charge in [-0.3, -0.25) is 24.6 Å². The average Bonchev–Trinajstić information content (AvgIpc) is 3.30. The molecule has 3 N–H and O–H groups in total. The van der Waals surface area contributed by atoms with Crippen LogP contribution in [0.4, 0.5) is 14.9 Å². The number of aromatic nitrogens is 2. The first-order valence-corrected chi connectivity index (χ1v) is 14.5. The third-order valence-corrected chi connectivity index (χ3v) is 7.94. The van der Waals surface area contributed by atoms with E-state index in [2.05, 4.69) is 16.9 Å². The van der Waals surface area contributed by atoms with Crippen molar-refractivity contribution in [2.45, 2.75) is 71.0 Å². The molecule has 2 aromatic rings. The van der Waals surface area contributed by atoms with Crippen LogP contribution in [0, 0.1) is 5.95 Å². The summed E-state index contributed by atoms with van der Waals surface area (Å²) in [6.45, 7) is 6.98. The molecule has 222 valence electrons. The number of para-hydroxylation sites is 1. The Hall–Kier alpha value is -3.64. The highest BCUT2D eigenvalue weighted by atomic mass is 19.1. The van der Waals surface area contributed by atoms with Gasteiger partial charge in [-0.15, -0.1) is 0 Å². The maximum Gasteiger partial charge on any atom is 0.328 e. The average molecular weight is 569 g/mol. The highest BCUT2D eigenvalue weighted by Gasteiger charge is 2.63. The Morgan fingerprint density at radius 3 is 2.51 bits per heavy atom. The van der Waals surface area contributed by atoms with Gasteiger partial charge < -0.3 is 10.8 Å². The molecule has 0 radical (unpaired) electrons. The number of aliphatic hydroxyl groups excluding tert-OH is 1.